The average Bonchev–Trinajstić information content (AvgIpc) is 3.18. The van der Waals surface area contributed by atoms with Gasteiger partial charge in [0.25, 0.3) is 0 Å². The molecule has 0 spiro atoms. The third-order valence-corrected chi connectivity index (χ3v) is 9.13. The number of fused-ring (bicyclic) bond motifs is 5. The Bertz CT molecular complexity index is 1190. The third-order valence-electron chi connectivity index (χ3n) is 5.95. The summed E-state index contributed by atoms with van der Waals surface area (Å²) < 4.78 is 0. The molecule has 122 valence electrons. The minimum atomic E-state index is 0.518. The van der Waals surface area contributed by atoms with E-state index < -0.39 is 0 Å². The van der Waals surface area contributed by atoms with Crippen molar-refractivity contribution < 1.29 is 0 Å². The second kappa shape index (κ2) is 4.76. The molecule has 2 atom stereocenters. The minimum Gasteiger partial charge on any atom is -0.115 e. The van der Waals surface area contributed by atoms with Gasteiger partial charge in [-0.05, 0) is 43.8 Å². The van der Waals surface area contributed by atoms with Gasteiger partial charge >= 0.3 is 0 Å². The first kappa shape index (κ1) is 14.0. The van der Waals surface area contributed by atoms with Crippen LogP contribution in [0.2, 0.25) is 0 Å². The van der Waals surface area contributed by atoms with Crippen LogP contribution in [0.15, 0.2) is 72.8 Å². The molecule has 3 aliphatic rings. The normalized spacial score (nSPS) is 22.2. The summed E-state index contributed by atoms with van der Waals surface area (Å²) in [6.07, 6.45) is 0. The fourth-order valence-electron chi connectivity index (χ4n) is 4.90. The monoisotopic (exact) mass is 366 g/mol. The Morgan fingerprint density at radius 1 is 0.500 bits per heavy atom. The maximum absolute atomic E-state index is 2.35. The van der Waals surface area contributed by atoms with Crippen molar-refractivity contribution in [2.24, 2.45) is 0 Å². The van der Waals surface area contributed by atoms with E-state index in [1.165, 1.54) is 53.6 Å². The molecule has 0 saturated carbocycles. The van der Waals surface area contributed by atoms with E-state index in [-0.39, 0.29) is 0 Å². The van der Waals surface area contributed by atoms with Gasteiger partial charge in [0, 0.05) is 9.81 Å². The SMILES string of the molecule is c1cc2c3c(cccc3c1)C1=C2S[C@@H]2c3cccc4cccc(c34)[C@@H]2S1. The predicted octanol–water partition coefficient (Wildman–Crippen LogP) is 7.41. The molecule has 4 aromatic carbocycles. The van der Waals surface area contributed by atoms with Crippen molar-refractivity contribution in [2.75, 3.05) is 0 Å². The molecular weight excluding hydrogens is 352 g/mol. The summed E-state index contributed by atoms with van der Waals surface area (Å²) in [4.78, 5) is 2.99. The van der Waals surface area contributed by atoms with Crippen LogP contribution in [0.4, 0.5) is 0 Å². The first-order chi connectivity index (χ1) is 12.9. The smallest absolute Gasteiger partial charge is 0.0514 e. The summed E-state index contributed by atoms with van der Waals surface area (Å²) in [6, 6.07) is 27.2. The van der Waals surface area contributed by atoms with E-state index in [9.17, 15) is 0 Å². The van der Waals surface area contributed by atoms with Gasteiger partial charge in [-0.1, -0.05) is 72.8 Å². The molecule has 0 fully saturated rings. The highest BCUT2D eigenvalue weighted by molar-refractivity contribution is 8.17. The lowest BCUT2D eigenvalue weighted by Crippen LogP contribution is -2.02. The van der Waals surface area contributed by atoms with E-state index in [0.717, 1.165) is 0 Å². The lowest BCUT2D eigenvalue weighted by atomic mass is 10.0. The third kappa shape index (κ3) is 1.57. The number of rotatable bonds is 0. The molecular formula is C24H14S2. The maximum atomic E-state index is 2.35. The molecule has 7 rings (SSSR count). The first-order valence-corrected chi connectivity index (χ1v) is 10.8. The van der Waals surface area contributed by atoms with Gasteiger partial charge in [0.15, 0.2) is 0 Å². The molecule has 0 radical (unpaired) electrons. The molecule has 1 heterocycles. The summed E-state index contributed by atoms with van der Waals surface area (Å²) in [5.41, 5.74) is 5.92. The van der Waals surface area contributed by atoms with Crippen LogP contribution in [0.25, 0.3) is 31.4 Å². The molecule has 0 bridgehead atoms. The Labute approximate surface area is 160 Å². The minimum absolute atomic E-state index is 0.518. The lowest BCUT2D eigenvalue weighted by Gasteiger charge is -2.28. The van der Waals surface area contributed by atoms with E-state index in [0.29, 0.717) is 10.5 Å². The summed E-state index contributed by atoms with van der Waals surface area (Å²) in [5, 5.41) is 6.74. The summed E-state index contributed by atoms with van der Waals surface area (Å²) in [7, 11) is 0. The zero-order valence-corrected chi connectivity index (χ0v) is 15.5. The standard InChI is InChI=1S/C24H14S2/c1-5-13-6-2-10-16-19(13)15(9-1)21-22(16)26-24-18-12-4-8-14-7-3-11-17(20(14)18)23(24)25-21/h1-12,21-22H/t21-,22+. The molecule has 26 heavy (non-hydrogen) atoms. The lowest BCUT2D eigenvalue weighted by molar-refractivity contribution is 0.970. The highest BCUT2D eigenvalue weighted by Crippen LogP contribution is 2.69. The van der Waals surface area contributed by atoms with Crippen LogP contribution >= 0.6 is 23.5 Å². The van der Waals surface area contributed by atoms with Crippen LogP contribution < -0.4 is 0 Å². The Kier molecular flexibility index (Phi) is 2.56. The largest absolute Gasteiger partial charge is 0.115 e. The first-order valence-electron chi connectivity index (χ1n) is 9.02. The average molecular weight is 367 g/mol. The number of thioether (sulfide) groups is 2. The Morgan fingerprint density at radius 2 is 0.962 bits per heavy atom. The van der Waals surface area contributed by atoms with Gasteiger partial charge in [-0.15, -0.1) is 23.5 Å². The zero-order chi connectivity index (χ0) is 16.8. The van der Waals surface area contributed by atoms with E-state index in [1.807, 2.05) is 0 Å². The van der Waals surface area contributed by atoms with E-state index in [2.05, 4.69) is 96.3 Å². The number of hydrogen-bond donors (Lipinski definition) is 0. The Balaban J connectivity index is 1.49. The number of benzene rings is 4. The molecule has 0 N–H and O–H groups in total. The van der Waals surface area contributed by atoms with Gasteiger partial charge in [-0.3, -0.25) is 0 Å². The van der Waals surface area contributed by atoms with Crippen LogP contribution in [0.5, 0.6) is 0 Å². The van der Waals surface area contributed by atoms with Crippen LogP contribution in [-0.4, -0.2) is 0 Å². The van der Waals surface area contributed by atoms with Gasteiger partial charge in [0.1, 0.15) is 0 Å². The zero-order valence-electron chi connectivity index (χ0n) is 13.9. The molecule has 0 saturated heterocycles. The van der Waals surface area contributed by atoms with Crippen LogP contribution in [0.1, 0.15) is 32.8 Å². The number of hydrogen-bond acceptors (Lipinski definition) is 2. The van der Waals surface area contributed by atoms with E-state index in [1.54, 1.807) is 0 Å². The van der Waals surface area contributed by atoms with Crippen LogP contribution in [0, 0.1) is 0 Å². The molecule has 0 aromatic heterocycles. The second-order valence-electron chi connectivity index (χ2n) is 7.24. The Morgan fingerprint density at radius 3 is 1.50 bits per heavy atom. The van der Waals surface area contributed by atoms with Crippen molar-refractivity contribution in [3.63, 3.8) is 0 Å². The van der Waals surface area contributed by atoms with Crippen molar-refractivity contribution in [3.8, 4) is 0 Å². The van der Waals surface area contributed by atoms with Crippen molar-refractivity contribution >= 4 is 54.9 Å². The molecule has 2 heteroatoms. The van der Waals surface area contributed by atoms with Gasteiger partial charge in [0.2, 0.25) is 0 Å². The van der Waals surface area contributed by atoms with Crippen LogP contribution in [0.3, 0.4) is 0 Å². The van der Waals surface area contributed by atoms with Gasteiger partial charge in [0.05, 0.1) is 10.5 Å². The van der Waals surface area contributed by atoms with Gasteiger partial charge in [-0.2, -0.15) is 0 Å². The maximum Gasteiger partial charge on any atom is 0.0514 e. The summed E-state index contributed by atoms with van der Waals surface area (Å²) in [5.74, 6) is 0. The van der Waals surface area contributed by atoms with Crippen LogP contribution in [-0.2, 0) is 0 Å². The summed E-state index contributed by atoms with van der Waals surface area (Å²) in [6.45, 7) is 0. The highest BCUT2D eigenvalue weighted by atomic mass is 32.2. The van der Waals surface area contributed by atoms with Crippen molar-refractivity contribution in [3.05, 3.63) is 95.1 Å². The van der Waals surface area contributed by atoms with Gasteiger partial charge in [-0.25, -0.2) is 0 Å². The second-order valence-corrected chi connectivity index (χ2v) is 9.54. The van der Waals surface area contributed by atoms with E-state index in [4.69, 9.17) is 0 Å². The molecule has 1 aliphatic heterocycles. The topological polar surface area (TPSA) is 0 Å². The fraction of sp³-hybridized carbons (Fsp3) is 0.0833. The fourth-order valence-corrected chi connectivity index (χ4v) is 8.25. The molecule has 4 aromatic rings. The van der Waals surface area contributed by atoms with Crippen molar-refractivity contribution in [1.29, 1.82) is 0 Å². The van der Waals surface area contributed by atoms with Crippen molar-refractivity contribution in [2.45, 2.75) is 10.5 Å². The molecule has 0 unspecified atom stereocenters. The quantitative estimate of drug-likeness (QED) is 0.318. The molecule has 0 nitrogen and oxygen atoms in total. The van der Waals surface area contributed by atoms with E-state index >= 15 is 0 Å². The highest BCUT2D eigenvalue weighted by Gasteiger charge is 2.42. The summed E-state index contributed by atoms with van der Waals surface area (Å²) >= 11 is 4.18. The molecule has 0 amide bonds. The predicted molar refractivity (Wildman–Crippen MR) is 115 cm³/mol. The Hall–Kier alpha value is -2.16. The van der Waals surface area contributed by atoms with Gasteiger partial charge < -0.3 is 0 Å². The molecule has 2 aliphatic carbocycles. The van der Waals surface area contributed by atoms with Crippen molar-refractivity contribution in [1.82, 2.24) is 0 Å².